The number of unbranched alkanes of at least 4 members (excludes halogenated alkanes) is 8. The maximum atomic E-state index is 10.3. The Kier molecular flexibility index (Phi) is 11.3. The van der Waals surface area contributed by atoms with E-state index in [2.05, 4.69) is 6.92 Å². The zero-order valence-corrected chi connectivity index (χ0v) is 10.2. The third-order valence-corrected chi connectivity index (χ3v) is 3.06. The molecule has 3 heteroatoms. The van der Waals surface area contributed by atoms with Crippen molar-refractivity contribution in [3.63, 3.8) is 0 Å². The minimum atomic E-state index is -1.58. The van der Waals surface area contributed by atoms with Crippen LogP contribution in [0.25, 0.3) is 0 Å². The van der Waals surface area contributed by atoms with Crippen LogP contribution in [0.4, 0.5) is 0 Å². The molecule has 0 amide bonds. The van der Waals surface area contributed by atoms with Gasteiger partial charge in [0.15, 0.2) is 11.1 Å². The van der Waals surface area contributed by atoms with Gasteiger partial charge in [0.2, 0.25) is 0 Å². The summed E-state index contributed by atoms with van der Waals surface area (Å²) in [7, 11) is 0. The van der Waals surface area contributed by atoms with Crippen LogP contribution in [-0.2, 0) is 11.1 Å². The molecule has 0 spiro atoms. The lowest BCUT2D eigenvalue weighted by Crippen LogP contribution is -1.94. The third-order valence-electron chi connectivity index (χ3n) is 2.42. The van der Waals surface area contributed by atoms with E-state index in [1.807, 2.05) is 0 Å². The predicted octanol–water partition coefficient (Wildman–Crippen LogP) is 3.74. The monoisotopic (exact) mass is 220 g/mol. The molecule has 1 N–H and O–H groups in total. The Labute approximate surface area is 90.8 Å². The lowest BCUT2D eigenvalue weighted by molar-refractivity contribution is 0.550. The largest absolute Gasteiger partial charge is 0.306 e. The van der Waals surface area contributed by atoms with Crippen LogP contribution in [0.5, 0.6) is 0 Å². The highest BCUT2D eigenvalue weighted by Gasteiger charge is 1.94. The van der Waals surface area contributed by atoms with E-state index in [9.17, 15) is 4.21 Å². The quantitative estimate of drug-likeness (QED) is 0.450. The van der Waals surface area contributed by atoms with Crippen LogP contribution < -0.4 is 0 Å². The van der Waals surface area contributed by atoms with Crippen LogP contribution in [0.2, 0.25) is 0 Å². The maximum Gasteiger partial charge on any atom is 0.152 e. The summed E-state index contributed by atoms with van der Waals surface area (Å²) >= 11 is -1.58. The fourth-order valence-corrected chi connectivity index (χ4v) is 1.99. The summed E-state index contributed by atoms with van der Waals surface area (Å²) in [5.74, 6) is 0.454. The molecule has 0 aromatic carbocycles. The van der Waals surface area contributed by atoms with Gasteiger partial charge in [0.05, 0.1) is 0 Å². The molecule has 0 aromatic heterocycles. The molecule has 0 aliphatic rings. The van der Waals surface area contributed by atoms with Crippen LogP contribution in [0.15, 0.2) is 0 Å². The molecular weight excluding hydrogens is 196 g/mol. The van der Waals surface area contributed by atoms with Crippen molar-refractivity contribution in [2.45, 2.75) is 64.7 Å². The van der Waals surface area contributed by atoms with E-state index in [-0.39, 0.29) is 0 Å². The van der Waals surface area contributed by atoms with E-state index < -0.39 is 11.1 Å². The molecule has 0 aromatic rings. The molecule has 0 saturated carbocycles. The standard InChI is InChI=1S/C11H24O2S/c1-2-3-4-5-6-7-8-9-10-11-14(12)13/h2-11H2,1H3,(H,12,13). The minimum Gasteiger partial charge on any atom is -0.306 e. The lowest BCUT2D eigenvalue weighted by Gasteiger charge is -2.00. The van der Waals surface area contributed by atoms with Gasteiger partial charge in [0.25, 0.3) is 0 Å². The molecular formula is C11H24O2S. The Morgan fingerprint density at radius 3 is 1.71 bits per heavy atom. The van der Waals surface area contributed by atoms with Gasteiger partial charge < -0.3 is 4.55 Å². The second-order valence-corrected chi connectivity index (χ2v) is 4.91. The van der Waals surface area contributed by atoms with Crippen molar-refractivity contribution < 1.29 is 8.76 Å². The maximum absolute atomic E-state index is 10.3. The Morgan fingerprint density at radius 2 is 1.29 bits per heavy atom. The van der Waals surface area contributed by atoms with E-state index in [1.54, 1.807) is 0 Å². The number of hydrogen-bond acceptors (Lipinski definition) is 1. The van der Waals surface area contributed by atoms with Gasteiger partial charge in [-0.25, -0.2) is 4.21 Å². The fraction of sp³-hybridized carbons (Fsp3) is 1.00. The van der Waals surface area contributed by atoms with Gasteiger partial charge in [0.1, 0.15) is 0 Å². The summed E-state index contributed by atoms with van der Waals surface area (Å²) < 4.78 is 18.8. The molecule has 0 aliphatic carbocycles. The van der Waals surface area contributed by atoms with Crippen LogP contribution in [0.3, 0.4) is 0 Å². The van der Waals surface area contributed by atoms with Crippen LogP contribution in [0.1, 0.15) is 64.7 Å². The minimum absolute atomic E-state index is 0.454. The van der Waals surface area contributed by atoms with Crippen molar-refractivity contribution >= 4 is 11.1 Å². The SMILES string of the molecule is CCCCCCCCCCCS(=O)O. The van der Waals surface area contributed by atoms with E-state index in [0.29, 0.717) is 5.75 Å². The van der Waals surface area contributed by atoms with E-state index in [1.165, 1.54) is 44.9 Å². The van der Waals surface area contributed by atoms with Gasteiger partial charge in [-0.15, -0.1) is 0 Å². The summed E-state index contributed by atoms with van der Waals surface area (Å²) in [4.78, 5) is 0. The molecule has 0 radical (unpaired) electrons. The van der Waals surface area contributed by atoms with Crippen molar-refractivity contribution in [1.29, 1.82) is 0 Å². The van der Waals surface area contributed by atoms with Gasteiger partial charge in [0, 0.05) is 5.75 Å². The van der Waals surface area contributed by atoms with Gasteiger partial charge in [-0.1, -0.05) is 58.3 Å². The average molecular weight is 220 g/mol. The first-order valence-corrected chi connectivity index (χ1v) is 7.12. The normalized spacial score (nSPS) is 13.0. The van der Waals surface area contributed by atoms with Crippen molar-refractivity contribution in [2.24, 2.45) is 0 Å². The first kappa shape index (κ1) is 14.1. The summed E-state index contributed by atoms with van der Waals surface area (Å²) in [5, 5.41) is 0. The van der Waals surface area contributed by atoms with Crippen LogP contribution in [-0.4, -0.2) is 14.5 Å². The number of rotatable bonds is 10. The molecule has 0 bridgehead atoms. The lowest BCUT2D eigenvalue weighted by atomic mass is 10.1. The van der Waals surface area contributed by atoms with Crippen LogP contribution in [0, 0.1) is 0 Å². The Bertz CT molecular complexity index is 137. The smallest absolute Gasteiger partial charge is 0.152 e. The zero-order valence-electron chi connectivity index (χ0n) is 9.33. The molecule has 1 atom stereocenters. The van der Waals surface area contributed by atoms with Gasteiger partial charge in [-0.2, -0.15) is 0 Å². The van der Waals surface area contributed by atoms with Gasteiger partial charge in [-0.05, 0) is 6.42 Å². The van der Waals surface area contributed by atoms with Gasteiger partial charge >= 0.3 is 0 Å². The summed E-state index contributed by atoms with van der Waals surface area (Å²) in [6, 6.07) is 0. The van der Waals surface area contributed by atoms with Gasteiger partial charge in [-0.3, -0.25) is 0 Å². The summed E-state index contributed by atoms with van der Waals surface area (Å²) in [6.07, 6.45) is 11.3. The molecule has 0 fully saturated rings. The zero-order chi connectivity index (χ0) is 10.6. The van der Waals surface area contributed by atoms with E-state index in [0.717, 1.165) is 12.8 Å². The van der Waals surface area contributed by atoms with Crippen LogP contribution >= 0.6 is 0 Å². The van der Waals surface area contributed by atoms with E-state index in [4.69, 9.17) is 4.55 Å². The fourth-order valence-electron chi connectivity index (χ4n) is 1.54. The van der Waals surface area contributed by atoms with Crippen molar-refractivity contribution in [3.05, 3.63) is 0 Å². The highest BCUT2D eigenvalue weighted by molar-refractivity contribution is 7.79. The Balaban J connectivity index is 2.88. The molecule has 0 heterocycles. The first-order chi connectivity index (χ1) is 6.77. The number of hydrogen-bond donors (Lipinski definition) is 1. The molecule has 0 saturated heterocycles. The van der Waals surface area contributed by atoms with Crippen molar-refractivity contribution in [3.8, 4) is 0 Å². The first-order valence-electron chi connectivity index (χ1n) is 5.85. The highest BCUT2D eigenvalue weighted by Crippen LogP contribution is 2.09. The molecule has 14 heavy (non-hydrogen) atoms. The van der Waals surface area contributed by atoms with E-state index >= 15 is 0 Å². The molecule has 86 valence electrons. The molecule has 0 rings (SSSR count). The highest BCUT2D eigenvalue weighted by atomic mass is 32.2. The van der Waals surface area contributed by atoms with Crippen molar-refractivity contribution in [2.75, 3.05) is 5.75 Å². The second kappa shape index (κ2) is 11.2. The average Bonchev–Trinajstić information content (AvgIpc) is 2.15. The summed E-state index contributed by atoms with van der Waals surface area (Å²) in [5.41, 5.74) is 0. The summed E-state index contributed by atoms with van der Waals surface area (Å²) in [6.45, 7) is 2.23. The van der Waals surface area contributed by atoms with Crippen molar-refractivity contribution in [1.82, 2.24) is 0 Å². The third kappa shape index (κ3) is 12.1. The Hall–Kier alpha value is 0.110. The molecule has 0 aliphatic heterocycles. The topological polar surface area (TPSA) is 37.3 Å². The Morgan fingerprint density at radius 1 is 0.857 bits per heavy atom. The molecule has 1 unspecified atom stereocenters. The second-order valence-electron chi connectivity index (χ2n) is 3.85. The molecule has 2 nitrogen and oxygen atoms in total. The predicted molar refractivity (Wildman–Crippen MR) is 62.9 cm³/mol.